The highest BCUT2D eigenvalue weighted by Gasteiger charge is 2.17. The Kier molecular flexibility index (Phi) is 2.05. The SMILES string of the molecule is O=S1(=O)C=CCCC(F)O1. The Hall–Kier alpha value is -0.420. The predicted molar refractivity (Wildman–Crippen MR) is 33.3 cm³/mol. The van der Waals surface area contributed by atoms with E-state index in [1.807, 2.05) is 0 Å². The average molecular weight is 166 g/mol. The van der Waals surface area contributed by atoms with Gasteiger partial charge in [-0.1, -0.05) is 6.08 Å². The number of allylic oxidation sites excluding steroid dienone is 1. The Balaban J connectivity index is 2.79. The zero-order valence-electron chi connectivity index (χ0n) is 5.16. The maximum absolute atomic E-state index is 12.3. The number of hydrogen-bond donors (Lipinski definition) is 0. The molecule has 0 bridgehead atoms. The van der Waals surface area contributed by atoms with E-state index in [0.717, 1.165) is 5.41 Å². The lowest BCUT2D eigenvalue weighted by atomic mass is 10.3. The minimum atomic E-state index is -3.72. The number of alkyl halides is 1. The maximum atomic E-state index is 12.3. The minimum Gasteiger partial charge on any atom is -0.230 e. The molecule has 0 aromatic carbocycles. The molecule has 1 aliphatic rings. The summed E-state index contributed by atoms with van der Waals surface area (Å²) in [5, 5.41) is 0.882. The Labute approximate surface area is 58.6 Å². The summed E-state index contributed by atoms with van der Waals surface area (Å²) in [4.78, 5) is 0. The molecule has 0 fully saturated rings. The van der Waals surface area contributed by atoms with Gasteiger partial charge in [-0.2, -0.15) is 8.42 Å². The van der Waals surface area contributed by atoms with E-state index < -0.39 is 16.5 Å². The van der Waals surface area contributed by atoms with Gasteiger partial charge in [0, 0.05) is 6.42 Å². The number of rotatable bonds is 0. The molecule has 0 aromatic rings. The van der Waals surface area contributed by atoms with E-state index in [0.29, 0.717) is 6.42 Å². The van der Waals surface area contributed by atoms with E-state index >= 15 is 0 Å². The molecule has 0 N–H and O–H groups in total. The van der Waals surface area contributed by atoms with Crippen molar-refractivity contribution in [2.45, 2.75) is 19.2 Å². The molecule has 58 valence electrons. The van der Waals surface area contributed by atoms with Gasteiger partial charge in [-0.15, -0.1) is 0 Å². The van der Waals surface area contributed by atoms with Crippen LogP contribution < -0.4 is 0 Å². The first-order valence-electron chi connectivity index (χ1n) is 2.84. The molecule has 0 saturated heterocycles. The van der Waals surface area contributed by atoms with Crippen LogP contribution >= 0.6 is 0 Å². The van der Waals surface area contributed by atoms with E-state index in [-0.39, 0.29) is 6.42 Å². The van der Waals surface area contributed by atoms with Gasteiger partial charge in [-0.05, 0) is 6.42 Å². The monoisotopic (exact) mass is 166 g/mol. The van der Waals surface area contributed by atoms with Gasteiger partial charge in [-0.3, -0.25) is 0 Å². The second-order valence-electron chi connectivity index (χ2n) is 1.95. The lowest BCUT2D eigenvalue weighted by Gasteiger charge is -2.01. The van der Waals surface area contributed by atoms with Crippen LogP contribution in [-0.4, -0.2) is 14.8 Å². The zero-order chi connectivity index (χ0) is 7.61. The predicted octanol–water partition coefficient (Wildman–Crippen LogP) is 0.936. The normalized spacial score (nSPS) is 31.5. The van der Waals surface area contributed by atoms with Gasteiger partial charge in [0.15, 0.2) is 0 Å². The van der Waals surface area contributed by atoms with Crippen molar-refractivity contribution >= 4 is 10.1 Å². The zero-order valence-corrected chi connectivity index (χ0v) is 5.97. The first-order chi connectivity index (χ1) is 4.60. The Morgan fingerprint density at radius 3 is 3.00 bits per heavy atom. The molecule has 1 heterocycles. The van der Waals surface area contributed by atoms with E-state index in [2.05, 4.69) is 4.18 Å². The van der Waals surface area contributed by atoms with Crippen LogP contribution in [0.4, 0.5) is 4.39 Å². The summed E-state index contributed by atoms with van der Waals surface area (Å²) in [6.07, 6.45) is 0.213. The molecule has 1 rings (SSSR count). The summed E-state index contributed by atoms with van der Waals surface area (Å²) in [5.74, 6) is 0. The minimum absolute atomic E-state index is 0.107. The highest BCUT2D eigenvalue weighted by Crippen LogP contribution is 2.14. The third-order valence-corrected chi connectivity index (χ3v) is 2.06. The van der Waals surface area contributed by atoms with Crippen LogP contribution in [0, 0.1) is 0 Å². The molecule has 0 aliphatic carbocycles. The first-order valence-corrected chi connectivity index (χ1v) is 4.31. The molecule has 3 nitrogen and oxygen atoms in total. The molecular formula is C5H7FO3S. The Morgan fingerprint density at radius 2 is 2.30 bits per heavy atom. The molecule has 10 heavy (non-hydrogen) atoms. The van der Waals surface area contributed by atoms with Crippen molar-refractivity contribution < 1.29 is 17.0 Å². The van der Waals surface area contributed by atoms with Crippen LogP contribution in [0.25, 0.3) is 0 Å². The molecule has 0 saturated carbocycles. The van der Waals surface area contributed by atoms with Crippen LogP contribution in [0.2, 0.25) is 0 Å². The first kappa shape index (κ1) is 7.68. The Bertz CT molecular complexity index is 231. The summed E-state index contributed by atoms with van der Waals surface area (Å²) in [6.45, 7) is 0. The second kappa shape index (κ2) is 2.67. The summed E-state index contributed by atoms with van der Waals surface area (Å²) in [6, 6.07) is 0. The summed E-state index contributed by atoms with van der Waals surface area (Å²) in [7, 11) is -3.72. The molecule has 0 spiro atoms. The van der Waals surface area contributed by atoms with Crippen molar-refractivity contribution in [2.75, 3.05) is 0 Å². The second-order valence-corrected chi connectivity index (χ2v) is 3.40. The van der Waals surface area contributed by atoms with E-state index in [4.69, 9.17) is 0 Å². The standard InChI is InChI=1S/C5H7FO3S/c6-5-3-1-2-4-10(7,8)9-5/h2,4-5H,1,3H2. The molecule has 5 heteroatoms. The van der Waals surface area contributed by atoms with Crippen LogP contribution in [0.1, 0.15) is 12.8 Å². The van der Waals surface area contributed by atoms with Crippen molar-refractivity contribution in [3.63, 3.8) is 0 Å². The van der Waals surface area contributed by atoms with Crippen LogP contribution in [0.5, 0.6) is 0 Å². The van der Waals surface area contributed by atoms with Crippen molar-refractivity contribution in [2.24, 2.45) is 0 Å². The van der Waals surface area contributed by atoms with Gasteiger partial charge in [0.1, 0.15) is 0 Å². The van der Waals surface area contributed by atoms with E-state index in [1.165, 1.54) is 6.08 Å². The molecular weight excluding hydrogens is 159 g/mol. The van der Waals surface area contributed by atoms with Gasteiger partial charge in [-0.25, -0.2) is 8.57 Å². The van der Waals surface area contributed by atoms with Gasteiger partial charge < -0.3 is 0 Å². The van der Waals surface area contributed by atoms with Crippen molar-refractivity contribution in [1.29, 1.82) is 0 Å². The third kappa shape index (κ3) is 2.07. The van der Waals surface area contributed by atoms with Crippen LogP contribution in [0.3, 0.4) is 0 Å². The maximum Gasteiger partial charge on any atom is 0.292 e. The molecule has 0 radical (unpaired) electrons. The van der Waals surface area contributed by atoms with Gasteiger partial charge in [0.05, 0.1) is 5.41 Å². The summed E-state index contributed by atoms with van der Waals surface area (Å²) < 4.78 is 37.4. The van der Waals surface area contributed by atoms with Crippen molar-refractivity contribution in [1.82, 2.24) is 0 Å². The lowest BCUT2D eigenvalue weighted by Crippen LogP contribution is -2.09. The Morgan fingerprint density at radius 1 is 1.60 bits per heavy atom. The van der Waals surface area contributed by atoms with E-state index in [1.54, 1.807) is 0 Å². The van der Waals surface area contributed by atoms with Gasteiger partial charge >= 0.3 is 0 Å². The highest BCUT2D eigenvalue weighted by atomic mass is 32.2. The van der Waals surface area contributed by atoms with Gasteiger partial charge in [0.25, 0.3) is 10.1 Å². The third-order valence-electron chi connectivity index (χ3n) is 1.06. The smallest absolute Gasteiger partial charge is 0.230 e. The van der Waals surface area contributed by atoms with Crippen LogP contribution in [-0.2, 0) is 14.3 Å². The summed E-state index contributed by atoms with van der Waals surface area (Å²) >= 11 is 0. The quantitative estimate of drug-likeness (QED) is 0.503. The summed E-state index contributed by atoms with van der Waals surface area (Å²) in [5.41, 5.74) is 0. The number of halogens is 1. The fourth-order valence-electron chi connectivity index (χ4n) is 0.639. The van der Waals surface area contributed by atoms with Crippen LogP contribution in [0.15, 0.2) is 11.5 Å². The molecule has 1 atom stereocenters. The fourth-order valence-corrected chi connectivity index (χ4v) is 1.46. The lowest BCUT2D eigenvalue weighted by molar-refractivity contribution is 0.0709. The largest absolute Gasteiger partial charge is 0.292 e. The fraction of sp³-hybridized carbons (Fsp3) is 0.600. The molecule has 1 aliphatic heterocycles. The molecule has 0 aromatic heterocycles. The van der Waals surface area contributed by atoms with Crippen molar-refractivity contribution in [3.8, 4) is 0 Å². The average Bonchev–Trinajstić information content (AvgIpc) is 1.90. The number of hydrogen-bond acceptors (Lipinski definition) is 3. The molecule has 0 amide bonds. The van der Waals surface area contributed by atoms with E-state index in [9.17, 15) is 12.8 Å². The molecule has 1 unspecified atom stereocenters. The highest BCUT2D eigenvalue weighted by molar-refractivity contribution is 7.89. The van der Waals surface area contributed by atoms with Crippen molar-refractivity contribution in [3.05, 3.63) is 11.5 Å². The van der Waals surface area contributed by atoms with Gasteiger partial charge in [0.2, 0.25) is 6.36 Å². The topological polar surface area (TPSA) is 43.4 Å².